The van der Waals surface area contributed by atoms with E-state index in [1.54, 1.807) is 26.0 Å². The molecule has 0 aliphatic rings. The number of hydrogen-bond acceptors (Lipinski definition) is 2. The van der Waals surface area contributed by atoms with Crippen LogP contribution in [0, 0.1) is 13.8 Å². The topological polar surface area (TPSA) is 49.3 Å². The fourth-order valence-electron chi connectivity index (χ4n) is 1.26. The van der Waals surface area contributed by atoms with Crippen LogP contribution in [0.2, 0.25) is 0 Å². The molecule has 0 bridgehead atoms. The maximum atomic E-state index is 12.5. The van der Waals surface area contributed by atoms with Gasteiger partial charge < -0.3 is 10.4 Å². The van der Waals surface area contributed by atoms with Gasteiger partial charge in [-0.3, -0.25) is 4.79 Å². The molecule has 100 valence electrons. The molecular formula is C12H14F3NO2. The van der Waals surface area contributed by atoms with Crippen molar-refractivity contribution < 1.29 is 23.1 Å². The first-order valence-corrected chi connectivity index (χ1v) is 5.24. The minimum atomic E-state index is -5.02. The number of nitrogens with one attached hydrogen (secondary N) is 1. The van der Waals surface area contributed by atoms with Gasteiger partial charge in [-0.15, -0.1) is 0 Å². The summed E-state index contributed by atoms with van der Waals surface area (Å²) in [6.45, 7) is 3.87. The minimum Gasteiger partial charge on any atom is -0.373 e. The molecule has 0 saturated heterocycles. The Labute approximate surface area is 103 Å². The van der Waals surface area contributed by atoms with E-state index in [4.69, 9.17) is 0 Å². The average Bonchev–Trinajstić information content (AvgIpc) is 2.23. The van der Waals surface area contributed by atoms with Gasteiger partial charge in [0, 0.05) is 5.69 Å². The highest BCUT2D eigenvalue weighted by atomic mass is 19.4. The SMILES string of the molecule is Cc1cccc(NC(=O)C(C)(O)C(F)(F)F)c1C. The zero-order valence-corrected chi connectivity index (χ0v) is 10.2. The van der Waals surface area contributed by atoms with Gasteiger partial charge in [-0.2, -0.15) is 13.2 Å². The van der Waals surface area contributed by atoms with E-state index in [1.807, 2.05) is 0 Å². The first kappa shape index (κ1) is 14.5. The summed E-state index contributed by atoms with van der Waals surface area (Å²) in [6.07, 6.45) is -5.02. The second-order valence-electron chi connectivity index (χ2n) is 4.27. The van der Waals surface area contributed by atoms with Crippen molar-refractivity contribution in [3.63, 3.8) is 0 Å². The van der Waals surface area contributed by atoms with Gasteiger partial charge in [0.1, 0.15) is 0 Å². The maximum Gasteiger partial charge on any atom is 0.426 e. The van der Waals surface area contributed by atoms with Gasteiger partial charge in [-0.25, -0.2) is 0 Å². The van der Waals surface area contributed by atoms with Crippen LogP contribution in [0.4, 0.5) is 18.9 Å². The molecule has 18 heavy (non-hydrogen) atoms. The summed E-state index contributed by atoms with van der Waals surface area (Å²) in [4.78, 5) is 11.5. The van der Waals surface area contributed by atoms with Crippen LogP contribution in [-0.2, 0) is 4.79 Å². The zero-order chi connectivity index (χ0) is 14.1. The predicted molar refractivity (Wildman–Crippen MR) is 61.2 cm³/mol. The Hall–Kier alpha value is -1.56. The third-order valence-corrected chi connectivity index (χ3v) is 2.85. The molecule has 0 aliphatic carbocycles. The standard InChI is InChI=1S/C12H14F3NO2/c1-7-5-4-6-9(8(7)2)16-10(17)11(3,18)12(13,14)15/h4-6,18H,1-3H3,(H,16,17). The highest BCUT2D eigenvalue weighted by Gasteiger charge is 2.55. The monoisotopic (exact) mass is 261 g/mol. The smallest absolute Gasteiger partial charge is 0.373 e. The third-order valence-electron chi connectivity index (χ3n) is 2.85. The van der Waals surface area contributed by atoms with Gasteiger partial charge in [0.2, 0.25) is 5.60 Å². The number of aryl methyl sites for hydroxylation is 1. The number of halogens is 3. The van der Waals surface area contributed by atoms with E-state index in [9.17, 15) is 23.1 Å². The van der Waals surface area contributed by atoms with E-state index in [-0.39, 0.29) is 5.69 Å². The number of aliphatic hydroxyl groups is 1. The highest BCUT2D eigenvalue weighted by molar-refractivity contribution is 5.98. The van der Waals surface area contributed by atoms with Crippen molar-refractivity contribution in [2.75, 3.05) is 5.32 Å². The molecule has 0 aliphatic heterocycles. The normalized spacial score (nSPS) is 15.1. The molecule has 1 aromatic rings. The van der Waals surface area contributed by atoms with E-state index in [0.717, 1.165) is 5.56 Å². The summed E-state index contributed by atoms with van der Waals surface area (Å²) in [6, 6.07) is 4.86. The second-order valence-corrected chi connectivity index (χ2v) is 4.27. The van der Waals surface area contributed by atoms with Gasteiger partial charge in [0.25, 0.3) is 5.91 Å². The molecule has 0 fully saturated rings. The van der Waals surface area contributed by atoms with Crippen LogP contribution in [0.3, 0.4) is 0 Å². The van der Waals surface area contributed by atoms with E-state index in [0.29, 0.717) is 12.5 Å². The Balaban J connectivity index is 2.99. The van der Waals surface area contributed by atoms with Crippen LogP contribution in [0.1, 0.15) is 18.1 Å². The van der Waals surface area contributed by atoms with Crippen molar-refractivity contribution in [1.82, 2.24) is 0 Å². The summed E-state index contributed by atoms with van der Waals surface area (Å²) in [5, 5.41) is 11.3. The van der Waals surface area contributed by atoms with Gasteiger partial charge in [-0.05, 0) is 38.0 Å². The van der Waals surface area contributed by atoms with Crippen LogP contribution in [-0.4, -0.2) is 22.8 Å². The second kappa shape index (κ2) is 4.61. The van der Waals surface area contributed by atoms with Gasteiger partial charge in [-0.1, -0.05) is 12.1 Å². The lowest BCUT2D eigenvalue weighted by molar-refractivity contribution is -0.242. The molecule has 3 nitrogen and oxygen atoms in total. The van der Waals surface area contributed by atoms with E-state index < -0.39 is 17.7 Å². The molecular weight excluding hydrogens is 247 g/mol. The molecule has 6 heteroatoms. The summed E-state index contributed by atoms with van der Waals surface area (Å²) >= 11 is 0. The summed E-state index contributed by atoms with van der Waals surface area (Å²) in [5.41, 5.74) is -1.67. The molecule has 2 N–H and O–H groups in total. The number of anilines is 1. The number of hydrogen-bond donors (Lipinski definition) is 2. The van der Waals surface area contributed by atoms with Crippen LogP contribution < -0.4 is 5.32 Å². The highest BCUT2D eigenvalue weighted by Crippen LogP contribution is 2.31. The number of amides is 1. The van der Waals surface area contributed by atoms with E-state index >= 15 is 0 Å². The Morgan fingerprint density at radius 1 is 1.28 bits per heavy atom. The number of carbonyl (C=O) groups is 1. The van der Waals surface area contributed by atoms with Crippen LogP contribution in [0.15, 0.2) is 18.2 Å². The van der Waals surface area contributed by atoms with E-state index in [1.165, 1.54) is 6.07 Å². The van der Waals surface area contributed by atoms with Crippen molar-refractivity contribution in [2.24, 2.45) is 0 Å². The number of alkyl halides is 3. The Morgan fingerprint density at radius 2 is 1.83 bits per heavy atom. The molecule has 1 atom stereocenters. The number of carbonyl (C=O) groups excluding carboxylic acids is 1. The van der Waals surface area contributed by atoms with Gasteiger partial charge in [0.15, 0.2) is 0 Å². The van der Waals surface area contributed by atoms with Crippen molar-refractivity contribution in [3.8, 4) is 0 Å². The molecule has 1 amide bonds. The molecule has 0 aromatic heterocycles. The predicted octanol–water partition coefficient (Wildman–Crippen LogP) is 2.56. The Bertz CT molecular complexity index is 467. The Morgan fingerprint density at radius 3 is 2.33 bits per heavy atom. The lowest BCUT2D eigenvalue weighted by atomic mass is 10.0. The van der Waals surface area contributed by atoms with Gasteiger partial charge in [0.05, 0.1) is 0 Å². The lowest BCUT2D eigenvalue weighted by Crippen LogP contribution is -2.52. The zero-order valence-electron chi connectivity index (χ0n) is 10.2. The number of benzene rings is 1. The largest absolute Gasteiger partial charge is 0.426 e. The molecule has 0 saturated carbocycles. The quantitative estimate of drug-likeness (QED) is 0.859. The van der Waals surface area contributed by atoms with Crippen molar-refractivity contribution in [3.05, 3.63) is 29.3 Å². The molecule has 1 unspecified atom stereocenters. The molecule has 0 spiro atoms. The Kier molecular flexibility index (Phi) is 3.71. The average molecular weight is 261 g/mol. The van der Waals surface area contributed by atoms with Crippen LogP contribution in [0.5, 0.6) is 0 Å². The summed E-state index contributed by atoms with van der Waals surface area (Å²) in [7, 11) is 0. The third kappa shape index (κ3) is 2.64. The minimum absolute atomic E-state index is 0.254. The van der Waals surface area contributed by atoms with Crippen molar-refractivity contribution >= 4 is 11.6 Å². The maximum absolute atomic E-state index is 12.5. The molecule has 0 heterocycles. The summed E-state index contributed by atoms with van der Waals surface area (Å²) < 4.78 is 37.4. The molecule has 1 rings (SSSR count). The summed E-state index contributed by atoms with van der Waals surface area (Å²) in [5.74, 6) is -1.50. The molecule has 0 radical (unpaired) electrons. The first-order chi connectivity index (χ1) is 8.07. The van der Waals surface area contributed by atoms with Crippen LogP contribution in [0.25, 0.3) is 0 Å². The number of rotatable bonds is 2. The van der Waals surface area contributed by atoms with Crippen molar-refractivity contribution in [2.45, 2.75) is 32.5 Å². The lowest BCUT2D eigenvalue weighted by Gasteiger charge is -2.25. The van der Waals surface area contributed by atoms with Crippen LogP contribution >= 0.6 is 0 Å². The fraction of sp³-hybridized carbons (Fsp3) is 0.417. The first-order valence-electron chi connectivity index (χ1n) is 5.24. The molecule has 1 aromatic carbocycles. The van der Waals surface area contributed by atoms with Gasteiger partial charge >= 0.3 is 6.18 Å². The van der Waals surface area contributed by atoms with Crippen molar-refractivity contribution in [1.29, 1.82) is 0 Å². The van der Waals surface area contributed by atoms with E-state index in [2.05, 4.69) is 5.32 Å². The fourth-order valence-corrected chi connectivity index (χ4v) is 1.26.